The van der Waals surface area contributed by atoms with Gasteiger partial charge >= 0.3 is 0 Å². The minimum absolute atomic E-state index is 0.000727. The molecular weight excluding hydrogens is 319 g/mol. The number of aryl methyl sites for hydroxylation is 2. The molecule has 0 N–H and O–H groups in total. The number of nitrogens with zero attached hydrogens (tertiary/aromatic N) is 4. The maximum Gasteiger partial charge on any atom is 0.243 e. The van der Waals surface area contributed by atoms with E-state index in [4.69, 9.17) is 0 Å². The molecule has 1 saturated heterocycles. The van der Waals surface area contributed by atoms with Gasteiger partial charge in [0.1, 0.15) is 18.0 Å². The predicted octanol–water partition coefficient (Wildman–Crippen LogP) is 1.83. The predicted molar refractivity (Wildman–Crippen MR) is 82.9 cm³/mol. The van der Waals surface area contributed by atoms with E-state index in [0.717, 1.165) is 24.7 Å². The number of halogens is 1. The maximum atomic E-state index is 13.7. The Hall–Kier alpha value is -1.80. The molecule has 1 aliphatic heterocycles. The number of hydrogen-bond acceptors (Lipinski definition) is 4. The highest BCUT2D eigenvalue weighted by atomic mass is 32.2. The topological polar surface area (TPSA) is 68.1 Å². The molecule has 23 heavy (non-hydrogen) atoms. The Morgan fingerprint density at radius 1 is 1.35 bits per heavy atom. The van der Waals surface area contributed by atoms with E-state index in [0.29, 0.717) is 18.7 Å². The van der Waals surface area contributed by atoms with E-state index >= 15 is 0 Å². The van der Waals surface area contributed by atoms with Crippen LogP contribution < -0.4 is 0 Å². The van der Waals surface area contributed by atoms with E-state index in [-0.39, 0.29) is 10.8 Å². The molecule has 0 amide bonds. The van der Waals surface area contributed by atoms with Crippen LogP contribution in [0, 0.1) is 12.7 Å². The summed E-state index contributed by atoms with van der Waals surface area (Å²) in [5.74, 6) is 0.272. The smallest absolute Gasteiger partial charge is 0.243 e. The Balaban J connectivity index is 1.88. The van der Waals surface area contributed by atoms with Gasteiger partial charge in [0.05, 0.1) is 4.90 Å². The number of hydrogen-bond donors (Lipinski definition) is 0. The molecule has 1 fully saturated rings. The first kappa shape index (κ1) is 16.1. The van der Waals surface area contributed by atoms with E-state index in [2.05, 4.69) is 10.2 Å². The lowest BCUT2D eigenvalue weighted by atomic mass is 9.99. The summed E-state index contributed by atoms with van der Waals surface area (Å²) in [4.78, 5) is -0.000727. The summed E-state index contributed by atoms with van der Waals surface area (Å²) in [7, 11) is -1.86. The molecular formula is C15H19FN4O2S. The third-order valence-corrected chi connectivity index (χ3v) is 6.14. The molecule has 8 heteroatoms. The van der Waals surface area contributed by atoms with Crippen molar-refractivity contribution in [2.24, 2.45) is 7.05 Å². The van der Waals surface area contributed by atoms with Gasteiger partial charge < -0.3 is 4.57 Å². The van der Waals surface area contributed by atoms with Gasteiger partial charge in [0.2, 0.25) is 10.0 Å². The summed E-state index contributed by atoms with van der Waals surface area (Å²) in [5.41, 5.74) is 0.430. The van der Waals surface area contributed by atoms with Crippen molar-refractivity contribution in [3.8, 4) is 0 Å². The second kappa shape index (κ2) is 6.01. The van der Waals surface area contributed by atoms with E-state index in [1.807, 2.05) is 11.6 Å². The molecule has 0 spiro atoms. The first-order valence-electron chi connectivity index (χ1n) is 7.50. The molecule has 0 radical (unpaired) electrons. The molecule has 1 atom stereocenters. The molecule has 2 aromatic rings. The van der Waals surface area contributed by atoms with Crippen LogP contribution in [0.15, 0.2) is 29.4 Å². The van der Waals surface area contributed by atoms with Crippen LogP contribution >= 0.6 is 0 Å². The molecule has 1 aromatic carbocycles. The van der Waals surface area contributed by atoms with Crippen molar-refractivity contribution in [1.82, 2.24) is 19.1 Å². The monoisotopic (exact) mass is 338 g/mol. The van der Waals surface area contributed by atoms with Gasteiger partial charge in [0, 0.05) is 26.1 Å². The average molecular weight is 338 g/mol. The Morgan fingerprint density at radius 3 is 2.78 bits per heavy atom. The standard InChI is InChI=1S/C15H19FN4O2S/c1-11-5-6-13(8-14(11)16)23(21,22)20-7-3-4-12(9-20)15-18-17-10-19(15)2/h5-6,8,10,12H,3-4,7,9H2,1-2H3/t12-/m0/s1. The second-order valence-electron chi connectivity index (χ2n) is 5.91. The van der Waals surface area contributed by atoms with Crippen LogP contribution in [-0.4, -0.2) is 40.6 Å². The highest BCUT2D eigenvalue weighted by molar-refractivity contribution is 7.89. The first-order chi connectivity index (χ1) is 10.9. The van der Waals surface area contributed by atoms with Crippen LogP contribution in [0.2, 0.25) is 0 Å². The zero-order chi connectivity index (χ0) is 16.6. The third-order valence-electron chi connectivity index (χ3n) is 4.28. The minimum Gasteiger partial charge on any atom is -0.320 e. The molecule has 6 nitrogen and oxygen atoms in total. The Kier molecular flexibility index (Phi) is 4.20. The lowest BCUT2D eigenvalue weighted by Gasteiger charge is -2.31. The molecule has 0 saturated carbocycles. The molecule has 0 unspecified atom stereocenters. The summed E-state index contributed by atoms with van der Waals surface area (Å²) in [5, 5.41) is 7.94. The van der Waals surface area contributed by atoms with Gasteiger partial charge in [-0.3, -0.25) is 0 Å². The molecule has 0 aliphatic carbocycles. The van der Waals surface area contributed by atoms with Crippen molar-refractivity contribution in [2.45, 2.75) is 30.6 Å². The van der Waals surface area contributed by atoms with Crippen LogP contribution in [0.25, 0.3) is 0 Å². The fourth-order valence-electron chi connectivity index (χ4n) is 2.92. The Bertz CT molecular complexity index is 819. The van der Waals surface area contributed by atoms with Gasteiger partial charge in [-0.15, -0.1) is 10.2 Å². The molecule has 1 aliphatic rings. The summed E-state index contributed by atoms with van der Waals surface area (Å²) in [6, 6.07) is 4.04. The fourth-order valence-corrected chi connectivity index (χ4v) is 4.45. The van der Waals surface area contributed by atoms with Crippen molar-refractivity contribution in [3.63, 3.8) is 0 Å². The number of rotatable bonds is 3. The molecule has 2 heterocycles. The largest absolute Gasteiger partial charge is 0.320 e. The van der Waals surface area contributed by atoms with E-state index < -0.39 is 15.8 Å². The molecule has 3 rings (SSSR count). The third kappa shape index (κ3) is 3.00. The zero-order valence-electron chi connectivity index (χ0n) is 13.1. The van der Waals surface area contributed by atoms with Gasteiger partial charge in [-0.05, 0) is 37.5 Å². The van der Waals surface area contributed by atoms with Crippen LogP contribution in [0.5, 0.6) is 0 Å². The van der Waals surface area contributed by atoms with E-state index in [1.54, 1.807) is 13.3 Å². The van der Waals surface area contributed by atoms with Crippen LogP contribution in [-0.2, 0) is 17.1 Å². The fraction of sp³-hybridized carbons (Fsp3) is 0.467. The van der Waals surface area contributed by atoms with Crippen LogP contribution in [0.4, 0.5) is 4.39 Å². The summed E-state index contributed by atoms with van der Waals surface area (Å²) < 4.78 is 42.5. The normalized spacial score (nSPS) is 19.9. The first-order valence-corrected chi connectivity index (χ1v) is 8.94. The van der Waals surface area contributed by atoms with Crippen molar-refractivity contribution < 1.29 is 12.8 Å². The second-order valence-corrected chi connectivity index (χ2v) is 7.85. The van der Waals surface area contributed by atoms with Gasteiger partial charge in [-0.2, -0.15) is 4.31 Å². The lowest BCUT2D eigenvalue weighted by molar-refractivity contribution is 0.306. The summed E-state index contributed by atoms with van der Waals surface area (Å²) >= 11 is 0. The van der Waals surface area contributed by atoms with Crippen molar-refractivity contribution in [3.05, 3.63) is 41.7 Å². The zero-order valence-corrected chi connectivity index (χ0v) is 13.9. The van der Waals surface area contributed by atoms with Gasteiger partial charge in [0.25, 0.3) is 0 Å². The van der Waals surface area contributed by atoms with Gasteiger partial charge in [-0.25, -0.2) is 12.8 Å². The number of aromatic nitrogens is 3. The quantitative estimate of drug-likeness (QED) is 0.856. The van der Waals surface area contributed by atoms with Gasteiger partial charge in [-0.1, -0.05) is 6.07 Å². The average Bonchev–Trinajstić information content (AvgIpc) is 2.96. The highest BCUT2D eigenvalue weighted by Gasteiger charge is 2.32. The Labute approximate surface area is 135 Å². The molecule has 124 valence electrons. The van der Waals surface area contributed by atoms with E-state index in [1.165, 1.54) is 16.4 Å². The number of piperidine rings is 1. The van der Waals surface area contributed by atoms with Crippen LogP contribution in [0.3, 0.4) is 0 Å². The lowest BCUT2D eigenvalue weighted by Crippen LogP contribution is -2.39. The summed E-state index contributed by atoms with van der Waals surface area (Å²) in [6.45, 7) is 2.38. The van der Waals surface area contributed by atoms with Crippen molar-refractivity contribution in [2.75, 3.05) is 13.1 Å². The van der Waals surface area contributed by atoms with Crippen molar-refractivity contribution >= 4 is 10.0 Å². The molecule has 1 aromatic heterocycles. The van der Waals surface area contributed by atoms with Crippen LogP contribution in [0.1, 0.15) is 30.1 Å². The highest BCUT2D eigenvalue weighted by Crippen LogP contribution is 2.29. The number of benzene rings is 1. The van der Waals surface area contributed by atoms with Crippen molar-refractivity contribution in [1.29, 1.82) is 0 Å². The maximum absolute atomic E-state index is 13.7. The SMILES string of the molecule is Cc1ccc(S(=O)(=O)N2CCC[C@H](c3nncn3C)C2)cc1F. The summed E-state index contributed by atoms with van der Waals surface area (Å²) in [6.07, 6.45) is 3.21. The Morgan fingerprint density at radius 2 is 2.13 bits per heavy atom. The number of sulfonamides is 1. The van der Waals surface area contributed by atoms with E-state index in [9.17, 15) is 12.8 Å². The molecule has 0 bridgehead atoms. The minimum atomic E-state index is -3.70. The van der Waals surface area contributed by atoms with Gasteiger partial charge in [0.15, 0.2) is 0 Å².